The lowest BCUT2D eigenvalue weighted by Crippen LogP contribution is -1.99. The van der Waals surface area contributed by atoms with E-state index in [1.54, 1.807) is 6.07 Å². The van der Waals surface area contributed by atoms with Crippen molar-refractivity contribution in [2.24, 2.45) is 0 Å². The maximum Gasteiger partial charge on any atom is 0.224 e. The molecule has 2 aromatic heterocycles. The van der Waals surface area contributed by atoms with Gasteiger partial charge in [0.25, 0.3) is 0 Å². The Morgan fingerprint density at radius 2 is 1.73 bits per heavy atom. The summed E-state index contributed by atoms with van der Waals surface area (Å²) >= 11 is 11.9. The molecule has 0 saturated heterocycles. The number of aromatic nitrogens is 3. The molecular weight excluding hydrogens is 416 g/mol. The summed E-state index contributed by atoms with van der Waals surface area (Å²) in [4.78, 5) is 12.2. The van der Waals surface area contributed by atoms with Gasteiger partial charge in [-0.25, -0.2) is 9.97 Å². The summed E-state index contributed by atoms with van der Waals surface area (Å²) in [5.41, 5.74) is 8.73. The van der Waals surface area contributed by atoms with E-state index in [1.165, 1.54) is 11.8 Å². The molecule has 9 heteroatoms. The van der Waals surface area contributed by atoms with Crippen LogP contribution in [0, 0.1) is 0 Å². The number of hydrogen-bond acceptors (Lipinski definition) is 5. The van der Waals surface area contributed by atoms with Crippen molar-refractivity contribution in [1.29, 1.82) is 0 Å². The number of pyridine rings is 1. The first-order chi connectivity index (χ1) is 11.6. The van der Waals surface area contributed by atoms with E-state index < -0.39 is 0 Å². The van der Waals surface area contributed by atoms with E-state index in [-0.39, 0.29) is 30.1 Å². The molecule has 0 amide bonds. The summed E-state index contributed by atoms with van der Waals surface area (Å²) in [5.74, 6) is 1.02. The standard InChI is InChI=1S/C17H15Cl2N5.2ClH/c18-14-10-21-17(19)24-16(14)23-13-5-1-3-11(9-13)7-8-12-4-2-6-15(20)22-12;;/h1-6,9-10H,7-8H2,(H2,20,22)(H,21,23,24);2*1H. The normalized spacial score (nSPS) is 9.77. The lowest BCUT2D eigenvalue weighted by atomic mass is 10.1. The number of nitrogens with one attached hydrogen (secondary N) is 1. The van der Waals surface area contributed by atoms with Crippen LogP contribution < -0.4 is 11.1 Å². The van der Waals surface area contributed by atoms with Crippen LogP contribution in [-0.2, 0) is 12.8 Å². The summed E-state index contributed by atoms with van der Waals surface area (Å²) in [5, 5.41) is 3.71. The zero-order valence-corrected chi connectivity index (χ0v) is 16.7. The minimum atomic E-state index is 0. The molecule has 0 aliphatic carbocycles. The van der Waals surface area contributed by atoms with Crippen molar-refractivity contribution < 1.29 is 0 Å². The van der Waals surface area contributed by atoms with E-state index in [9.17, 15) is 0 Å². The highest BCUT2D eigenvalue weighted by molar-refractivity contribution is 6.33. The Morgan fingerprint density at radius 1 is 0.962 bits per heavy atom. The van der Waals surface area contributed by atoms with Gasteiger partial charge in [-0.3, -0.25) is 0 Å². The second-order valence-electron chi connectivity index (χ2n) is 5.21. The zero-order chi connectivity index (χ0) is 16.9. The SMILES string of the molecule is Cl.Cl.Nc1cccc(CCc2cccc(Nc3nc(Cl)ncc3Cl)c2)n1. The second-order valence-corrected chi connectivity index (χ2v) is 5.96. The fraction of sp³-hybridized carbons (Fsp3) is 0.118. The topological polar surface area (TPSA) is 76.7 Å². The largest absolute Gasteiger partial charge is 0.384 e. The molecule has 0 atom stereocenters. The molecule has 0 spiro atoms. The molecule has 0 bridgehead atoms. The number of nitrogen functional groups attached to an aromatic ring is 1. The highest BCUT2D eigenvalue weighted by atomic mass is 35.5. The molecule has 5 nitrogen and oxygen atoms in total. The predicted octanol–water partition coefficient (Wildman–Crippen LogP) is 5.13. The van der Waals surface area contributed by atoms with Gasteiger partial charge in [-0.2, -0.15) is 4.98 Å². The van der Waals surface area contributed by atoms with E-state index >= 15 is 0 Å². The summed E-state index contributed by atoms with van der Waals surface area (Å²) in [6, 6.07) is 13.7. The zero-order valence-electron chi connectivity index (χ0n) is 13.5. The van der Waals surface area contributed by atoms with Gasteiger partial charge in [0.15, 0.2) is 5.82 Å². The first-order valence-electron chi connectivity index (χ1n) is 7.35. The molecule has 138 valence electrons. The van der Waals surface area contributed by atoms with Crippen molar-refractivity contribution in [3.8, 4) is 0 Å². The number of anilines is 3. The number of rotatable bonds is 5. The third-order valence-electron chi connectivity index (χ3n) is 3.40. The monoisotopic (exact) mass is 431 g/mol. The Balaban J connectivity index is 0.00000169. The first-order valence-corrected chi connectivity index (χ1v) is 8.11. The lowest BCUT2D eigenvalue weighted by molar-refractivity contribution is 0.917. The molecular formula is C17H17Cl4N5. The van der Waals surface area contributed by atoms with Crippen LogP contribution >= 0.6 is 48.0 Å². The summed E-state index contributed by atoms with van der Waals surface area (Å²) < 4.78 is 0. The van der Waals surface area contributed by atoms with E-state index in [1.807, 2.05) is 30.3 Å². The average Bonchev–Trinajstić information content (AvgIpc) is 2.57. The van der Waals surface area contributed by atoms with Crippen LogP contribution in [0.1, 0.15) is 11.3 Å². The van der Waals surface area contributed by atoms with Crippen LogP contribution in [0.3, 0.4) is 0 Å². The molecule has 1 aromatic carbocycles. The third-order valence-corrected chi connectivity index (χ3v) is 3.86. The molecule has 3 N–H and O–H groups in total. The van der Waals surface area contributed by atoms with Crippen LogP contribution in [-0.4, -0.2) is 15.0 Å². The number of nitrogens with zero attached hydrogens (tertiary/aromatic N) is 3. The smallest absolute Gasteiger partial charge is 0.224 e. The minimum Gasteiger partial charge on any atom is -0.384 e. The van der Waals surface area contributed by atoms with Gasteiger partial charge in [0.1, 0.15) is 10.8 Å². The van der Waals surface area contributed by atoms with Crippen molar-refractivity contribution in [3.63, 3.8) is 0 Å². The minimum absolute atomic E-state index is 0. The van der Waals surface area contributed by atoms with Crippen molar-refractivity contribution in [2.45, 2.75) is 12.8 Å². The molecule has 2 heterocycles. The predicted molar refractivity (Wildman–Crippen MR) is 112 cm³/mol. The van der Waals surface area contributed by atoms with E-state index in [4.69, 9.17) is 28.9 Å². The quantitative estimate of drug-likeness (QED) is 0.546. The molecule has 0 aliphatic rings. The van der Waals surface area contributed by atoms with Crippen LogP contribution in [0.2, 0.25) is 10.3 Å². The number of aryl methyl sites for hydroxylation is 2. The summed E-state index contributed by atoms with van der Waals surface area (Å²) in [6.07, 6.45) is 3.13. The van der Waals surface area contributed by atoms with E-state index in [0.717, 1.165) is 24.2 Å². The Morgan fingerprint density at radius 3 is 2.50 bits per heavy atom. The van der Waals surface area contributed by atoms with Gasteiger partial charge in [0.05, 0.1) is 6.20 Å². The molecule has 3 aromatic rings. The molecule has 0 saturated carbocycles. The van der Waals surface area contributed by atoms with Gasteiger partial charge >= 0.3 is 0 Å². The van der Waals surface area contributed by atoms with Gasteiger partial charge in [0.2, 0.25) is 5.28 Å². The second kappa shape index (κ2) is 10.4. The average molecular weight is 433 g/mol. The van der Waals surface area contributed by atoms with Crippen molar-refractivity contribution in [1.82, 2.24) is 15.0 Å². The lowest BCUT2D eigenvalue weighted by Gasteiger charge is -2.09. The van der Waals surface area contributed by atoms with Gasteiger partial charge in [-0.05, 0) is 54.3 Å². The summed E-state index contributed by atoms with van der Waals surface area (Å²) in [7, 11) is 0. The Bertz CT molecular complexity index is 860. The molecule has 0 aliphatic heterocycles. The van der Waals surface area contributed by atoms with Gasteiger partial charge < -0.3 is 11.1 Å². The Hall–Kier alpha value is -1.79. The first kappa shape index (κ1) is 22.3. The van der Waals surface area contributed by atoms with Crippen molar-refractivity contribution in [3.05, 3.63) is 70.2 Å². The third kappa shape index (κ3) is 6.18. The van der Waals surface area contributed by atoms with Crippen LogP contribution in [0.5, 0.6) is 0 Å². The fourth-order valence-corrected chi connectivity index (χ4v) is 2.56. The fourth-order valence-electron chi connectivity index (χ4n) is 2.28. The summed E-state index contributed by atoms with van der Waals surface area (Å²) in [6.45, 7) is 0. The van der Waals surface area contributed by atoms with Crippen LogP contribution in [0.15, 0.2) is 48.7 Å². The molecule has 26 heavy (non-hydrogen) atoms. The van der Waals surface area contributed by atoms with E-state index in [2.05, 4.69) is 26.3 Å². The number of nitrogens with two attached hydrogens (primary N) is 1. The Kier molecular flexibility index (Phi) is 8.88. The number of hydrogen-bond donors (Lipinski definition) is 2. The maximum absolute atomic E-state index is 6.08. The molecule has 3 rings (SSSR count). The molecule has 0 unspecified atom stereocenters. The highest BCUT2D eigenvalue weighted by Gasteiger charge is 2.05. The number of benzene rings is 1. The van der Waals surface area contributed by atoms with Crippen molar-refractivity contribution in [2.75, 3.05) is 11.1 Å². The van der Waals surface area contributed by atoms with Gasteiger partial charge in [-0.15, -0.1) is 24.8 Å². The maximum atomic E-state index is 6.08. The van der Waals surface area contributed by atoms with Crippen LogP contribution in [0.4, 0.5) is 17.3 Å². The molecule has 0 radical (unpaired) electrons. The van der Waals surface area contributed by atoms with E-state index in [0.29, 0.717) is 16.7 Å². The number of halogens is 4. The van der Waals surface area contributed by atoms with Gasteiger partial charge in [-0.1, -0.05) is 29.8 Å². The van der Waals surface area contributed by atoms with Crippen molar-refractivity contribution >= 4 is 65.3 Å². The van der Waals surface area contributed by atoms with Crippen LogP contribution in [0.25, 0.3) is 0 Å². The molecule has 0 fully saturated rings. The van der Waals surface area contributed by atoms with Gasteiger partial charge in [0, 0.05) is 11.4 Å². The Labute approximate surface area is 174 Å². The highest BCUT2D eigenvalue weighted by Crippen LogP contribution is 2.24.